The van der Waals surface area contributed by atoms with Crippen molar-refractivity contribution < 1.29 is 13.9 Å². The molecule has 3 saturated heterocycles. The Morgan fingerprint density at radius 1 is 1.30 bits per heavy atom. The minimum Gasteiger partial charge on any atom is -0.497 e. The number of nitrogens with zero attached hydrogens (tertiary/aromatic N) is 2. The number of methoxy groups -OCH3 is 1. The number of fused-ring (bicyclic) bond motifs is 4. The minimum atomic E-state index is -0.238. The van der Waals surface area contributed by atoms with Gasteiger partial charge in [0.2, 0.25) is 5.91 Å². The number of benzene rings is 1. The number of amides is 1. The van der Waals surface area contributed by atoms with Crippen LogP contribution in [0.2, 0.25) is 0 Å². The van der Waals surface area contributed by atoms with Crippen molar-refractivity contribution >= 4 is 5.91 Å². The van der Waals surface area contributed by atoms with E-state index in [4.69, 9.17) is 4.74 Å². The molecule has 0 saturated carbocycles. The average molecular weight is 320 g/mol. The van der Waals surface area contributed by atoms with Gasteiger partial charge in [0.05, 0.1) is 13.0 Å². The summed E-state index contributed by atoms with van der Waals surface area (Å²) in [5.41, 5.74) is 0.668. The molecule has 4 nitrogen and oxygen atoms in total. The van der Waals surface area contributed by atoms with Crippen LogP contribution >= 0.6 is 0 Å². The van der Waals surface area contributed by atoms with Crippen molar-refractivity contribution in [1.29, 1.82) is 0 Å². The highest BCUT2D eigenvalue weighted by Gasteiger charge is 2.40. The van der Waals surface area contributed by atoms with E-state index in [2.05, 4.69) is 16.7 Å². The second kappa shape index (κ2) is 6.87. The average Bonchev–Trinajstić information content (AvgIpc) is 2.81. The first-order valence-corrected chi connectivity index (χ1v) is 8.47. The van der Waals surface area contributed by atoms with Crippen LogP contribution in [0.25, 0.3) is 0 Å². The SMILES string of the molecule is CCCN1C(=O)[C@@H]2CC[C@H]1CN(Cc1ccc(OC)cc1F)C2. The zero-order chi connectivity index (χ0) is 16.4. The second-order valence-corrected chi connectivity index (χ2v) is 6.61. The van der Waals surface area contributed by atoms with Crippen LogP contribution in [0.1, 0.15) is 31.7 Å². The molecule has 1 aromatic rings. The number of hydrogen-bond acceptors (Lipinski definition) is 3. The molecule has 3 heterocycles. The van der Waals surface area contributed by atoms with Gasteiger partial charge in [0.15, 0.2) is 0 Å². The lowest BCUT2D eigenvalue weighted by Gasteiger charge is -2.35. The van der Waals surface area contributed by atoms with Crippen molar-refractivity contribution in [2.45, 2.75) is 38.8 Å². The zero-order valence-electron chi connectivity index (χ0n) is 13.9. The molecular weight excluding hydrogens is 295 g/mol. The van der Waals surface area contributed by atoms with Crippen molar-refractivity contribution in [3.63, 3.8) is 0 Å². The van der Waals surface area contributed by atoms with E-state index in [1.165, 1.54) is 13.2 Å². The first-order chi connectivity index (χ1) is 11.1. The summed E-state index contributed by atoms with van der Waals surface area (Å²) in [6.45, 7) is 5.08. The lowest BCUT2D eigenvalue weighted by molar-refractivity contribution is -0.139. The highest BCUT2D eigenvalue weighted by Crippen LogP contribution is 2.30. The second-order valence-electron chi connectivity index (χ2n) is 6.61. The van der Waals surface area contributed by atoms with Crippen LogP contribution in [-0.4, -0.2) is 48.5 Å². The zero-order valence-corrected chi connectivity index (χ0v) is 13.9. The Bertz CT molecular complexity index is 578. The van der Waals surface area contributed by atoms with E-state index in [1.54, 1.807) is 12.1 Å². The Hall–Kier alpha value is -1.62. The van der Waals surface area contributed by atoms with Gasteiger partial charge in [-0.3, -0.25) is 9.69 Å². The molecule has 3 aliphatic heterocycles. The Morgan fingerprint density at radius 3 is 2.83 bits per heavy atom. The third kappa shape index (κ3) is 3.34. The monoisotopic (exact) mass is 320 g/mol. The maximum Gasteiger partial charge on any atom is 0.227 e. The molecule has 3 aliphatic rings. The normalized spacial score (nSPS) is 24.8. The number of hydrogen-bond donors (Lipinski definition) is 0. The molecule has 0 N–H and O–H groups in total. The van der Waals surface area contributed by atoms with E-state index in [0.29, 0.717) is 23.8 Å². The van der Waals surface area contributed by atoms with Gasteiger partial charge >= 0.3 is 0 Å². The van der Waals surface area contributed by atoms with Crippen molar-refractivity contribution in [2.24, 2.45) is 5.92 Å². The third-order valence-corrected chi connectivity index (χ3v) is 4.99. The molecule has 1 amide bonds. The maximum absolute atomic E-state index is 14.2. The Balaban J connectivity index is 1.74. The number of halogens is 1. The molecule has 0 radical (unpaired) electrons. The summed E-state index contributed by atoms with van der Waals surface area (Å²) in [5.74, 6) is 0.659. The van der Waals surface area contributed by atoms with Gasteiger partial charge in [-0.15, -0.1) is 0 Å². The fourth-order valence-corrected chi connectivity index (χ4v) is 3.82. The first-order valence-electron chi connectivity index (χ1n) is 8.47. The van der Waals surface area contributed by atoms with E-state index in [9.17, 15) is 9.18 Å². The quantitative estimate of drug-likeness (QED) is 0.836. The predicted octanol–water partition coefficient (Wildman–Crippen LogP) is 2.67. The number of carbonyl (C=O) groups excluding carboxylic acids is 1. The molecule has 0 unspecified atom stereocenters. The van der Waals surface area contributed by atoms with Crippen molar-refractivity contribution in [2.75, 3.05) is 26.7 Å². The van der Waals surface area contributed by atoms with Gasteiger partial charge in [-0.25, -0.2) is 4.39 Å². The highest BCUT2D eigenvalue weighted by molar-refractivity contribution is 5.80. The van der Waals surface area contributed by atoms with Crippen LogP contribution in [0.15, 0.2) is 18.2 Å². The Labute approximate surface area is 137 Å². The molecule has 23 heavy (non-hydrogen) atoms. The lowest BCUT2D eigenvalue weighted by atomic mass is 9.94. The van der Waals surface area contributed by atoms with E-state index in [1.807, 2.05) is 0 Å². The van der Waals surface area contributed by atoms with E-state index >= 15 is 0 Å². The highest BCUT2D eigenvalue weighted by atomic mass is 19.1. The Morgan fingerprint density at radius 2 is 2.13 bits per heavy atom. The summed E-state index contributed by atoms with van der Waals surface area (Å²) in [5, 5.41) is 0. The fraction of sp³-hybridized carbons (Fsp3) is 0.611. The fourth-order valence-electron chi connectivity index (χ4n) is 3.82. The summed E-state index contributed by atoms with van der Waals surface area (Å²) >= 11 is 0. The summed E-state index contributed by atoms with van der Waals surface area (Å²) < 4.78 is 19.2. The molecule has 0 aliphatic carbocycles. The van der Waals surface area contributed by atoms with E-state index in [0.717, 1.165) is 38.9 Å². The van der Waals surface area contributed by atoms with Crippen LogP contribution in [0.4, 0.5) is 4.39 Å². The van der Waals surface area contributed by atoms with Crippen molar-refractivity contribution in [3.8, 4) is 5.75 Å². The molecule has 3 fully saturated rings. The largest absolute Gasteiger partial charge is 0.497 e. The van der Waals surface area contributed by atoms with Crippen LogP contribution in [-0.2, 0) is 11.3 Å². The lowest BCUT2D eigenvalue weighted by Crippen LogP contribution is -2.48. The number of piperidine rings is 1. The number of rotatable bonds is 5. The van der Waals surface area contributed by atoms with Gasteiger partial charge in [0.25, 0.3) is 0 Å². The predicted molar refractivity (Wildman–Crippen MR) is 86.7 cm³/mol. The maximum atomic E-state index is 14.2. The molecule has 126 valence electrons. The molecule has 0 spiro atoms. The molecule has 4 rings (SSSR count). The van der Waals surface area contributed by atoms with Crippen LogP contribution in [0.5, 0.6) is 5.75 Å². The number of ether oxygens (including phenoxy) is 1. The molecule has 1 aromatic carbocycles. The van der Waals surface area contributed by atoms with Gasteiger partial charge in [0, 0.05) is 43.9 Å². The van der Waals surface area contributed by atoms with E-state index in [-0.39, 0.29) is 17.8 Å². The topological polar surface area (TPSA) is 32.8 Å². The molecule has 5 heteroatoms. The van der Waals surface area contributed by atoms with Crippen LogP contribution < -0.4 is 4.74 Å². The van der Waals surface area contributed by atoms with Gasteiger partial charge in [-0.2, -0.15) is 0 Å². The summed E-state index contributed by atoms with van der Waals surface area (Å²) in [6, 6.07) is 5.28. The van der Waals surface area contributed by atoms with Crippen molar-refractivity contribution in [1.82, 2.24) is 9.80 Å². The van der Waals surface area contributed by atoms with Crippen LogP contribution in [0.3, 0.4) is 0 Å². The van der Waals surface area contributed by atoms with E-state index < -0.39 is 0 Å². The van der Waals surface area contributed by atoms with Gasteiger partial charge < -0.3 is 9.64 Å². The molecule has 0 aromatic heterocycles. The smallest absolute Gasteiger partial charge is 0.227 e. The molecule has 2 atom stereocenters. The summed E-state index contributed by atoms with van der Waals surface area (Å²) in [6.07, 6.45) is 3.02. The van der Waals surface area contributed by atoms with Gasteiger partial charge in [-0.1, -0.05) is 13.0 Å². The van der Waals surface area contributed by atoms with Crippen LogP contribution in [0, 0.1) is 11.7 Å². The number of carbonyl (C=O) groups is 1. The first kappa shape index (κ1) is 16.2. The Kier molecular flexibility index (Phi) is 4.85. The van der Waals surface area contributed by atoms with Crippen molar-refractivity contribution in [3.05, 3.63) is 29.6 Å². The summed E-state index contributed by atoms with van der Waals surface area (Å²) in [7, 11) is 1.54. The minimum absolute atomic E-state index is 0.0709. The van der Waals surface area contributed by atoms with Gasteiger partial charge in [-0.05, 0) is 25.3 Å². The summed E-state index contributed by atoms with van der Waals surface area (Å²) in [4.78, 5) is 16.8. The third-order valence-electron chi connectivity index (χ3n) is 4.99. The molecule has 2 bridgehead atoms. The molecular formula is C18H25FN2O2. The standard InChI is InChI=1S/C18H25FN2O2/c1-3-8-21-15-6-4-14(18(21)22)11-20(12-15)10-13-5-7-16(23-2)9-17(13)19/h5,7,9,14-15H,3-4,6,8,10-12H2,1-2H3/t14-,15+/m1/s1. The van der Waals surface area contributed by atoms with Gasteiger partial charge in [0.1, 0.15) is 11.6 Å².